The Balaban J connectivity index is 1.73. The summed E-state index contributed by atoms with van der Waals surface area (Å²) in [5, 5.41) is 1.89. The van der Waals surface area contributed by atoms with E-state index in [-0.39, 0.29) is 17.2 Å². The summed E-state index contributed by atoms with van der Waals surface area (Å²) >= 11 is 1.48. The Kier molecular flexibility index (Phi) is 4.90. The molecule has 0 aliphatic carbocycles. The molecule has 1 atom stereocenters. The minimum atomic E-state index is -3.98. The van der Waals surface area contributed by atoms with Crippen LogP contribution in [0.1, 0.15) is 23.8 Å². The van der Waals surface area contributed by atoms with Crippen LogP contribution in [0.15, 0.2) is 46.7 Å². The molecule has 1 aromatic heterocycles. The van der Waals surface area contributed by atoms with E-state index in [0.717, 1.165) is 10.4 Å². The van der Waals surface area contributed by atoms with Gasteiger partial charge in [0.15, 0.2) is 0 Å². The van der Waals surface area contributed by atoms with Crippen molar-refractivity contribution in [3.63, 3.8) is 0 Å². The standard InChI is InChI=1S/C18H20N2O4S2/c1-13-5-3-7-15(11-13)26(23,24)19-17(22)18(2)8-9-20(18)16(21)12-14-6-4-10-25-14/h3-7,10-11H,8-9,12H2,1-2H3,(H,19,22). The highest BCUT2D eigenvalue weighted by Gasteiger charge is 2.50. The molecule has 0 saturated carbocycles. The molecule has 1 fully saturated rings. The van der Waals surface area contributed by atoms with Gasteiger partial charge in [-0.1, -0.05) is 18.2 Å². The molecule has 1 N–H and O–H groups in total. The number of carbonyl (C=O) groups excluding carboxylic acids is 2. The number of rotatable bonds is 5. The molecular formula is C18H20N2O4S2. The number of thiophene rings is 1. The highest BCUT2D eigenvalue weighted by Crippen LogP contribution is 2.32. The zero-order chi connectivity index (χ0) is 18.9. The van der Waals surface area contributed by atoms with Crippen LogP contribution in [0.4, 0.5) is 0 Å². The van der Waals surface area contributed by atoms with Gasteiger partial charge in [0.1, 0.15) is 5.54 Å². The van der Waals surface area contributed by atoms with Crippen molar-refractivity contribution in [2.75, 3.05) is 6.54 Å². The first kappa shape index (κ1) is 18.6. The summed E-state index contributed by atoms with van der Waals surface area (Å²) in [5.41, 5.74) is -0.367. The summed E-state index contributed by atoms with van der Waals surface area (Å²) in [6.45, 7) is 3.82. The molecule has 1 unspecified atom stereocenters. The minimum Gasteiger partial charge on any atom is -0.328 e. The van der Waals surface area contributed by atoms with Gasteiger partial charge in [0.2, 0.25) is 5.91 Å². The molecule has 2 heterocycles. The van der Waals surface area contributed by atoms with Crippen LogP contribution in [0.2, 0.25) is 0 Å². The second kappa shape index (κ2) is 6.85. The lowest BCUT2D eigenvalue weighted by Crippen LogP contribution is -2.68. The van der Waals surface area contributed by atoms with Gasteiger partial charge in [-0.2, -0.15) is 0 Å². The van der Waals surface area contributed by atoms with Crippen LogP contribution in [-0.4, -0.2) is 37.2 Å². The topological polar surface area (TPSA) is 83.6 Å². The Labute approximate surface area is 156 Å². The number of amides is 2. The first-order valence-corrected chi connectivity index (χ1v) is 10.6. The number of hydrogen-bond donors (Lipinski definition) is 1. The average molecular weight is 393 g/mol. The largest absolute Gasteiger partial charge is 0.328 e. The number of likely N-dealkylation sites (tertiary alicyclic amines) is 1. The highest BCUT2D eigenvalue weighted by molar-refractivity contribution is 7.90. The summed E-state index contributed by atoms with van der Waals surface area (Å²) in [7, 11) is -3.98. The molecule has 2 aromatic rings. The van der Waals surface area contributed by atoms with Crippen molar-refractivity contribution in [3.8, 4) is 0 Å². The second-order valence-corrected chi connectivity index (χ2v) is 9.29. The molecule has 6 nitrogen and oxygen atoms in total. The van der Waals surface area contributed by atoms with E-state index in [1.165, 1.54) is 28.4 Å². The van der Waals surface area contributed by atoms with Crippen molar-refractivity contribution in [1.29, 1.82) is 0 Å². The molecular weight excluding hydrogens is 372 g/mol. The lowest BCUT2D eigenvalue weighted by Gasteiger charge is -2.48. The van der Waals surface area contributed by atoms with E-state index < -0.39 is 21.5 Å². The van der Waals surface area contributed by atoms with E-state index in [1.807, 2.05) is 17.5 Å². The second-order valence-electron chi connectivity index (χ2n) is 6.58. The Bertz CT molecular complexity index is 938. The zero-order valence-electron chi connectivity index (χ0n) is 14.6. The average Bonchev–Trinajstić information content (AvgIpc) is 3.05. The normalized spacial score (nSPS) is 19.7. The molecule has 1 aliphatic rings. The Morgan fingerprint density at radius 2 is 2.04 bits per heavy atom. The molecule has 1 aliphatic heterocycles. The maximum absolute atomic E-state index is 12.7. The summed E-state index contributed by atoms with van der Waals surface area (Å²) in [5.74, 6) is -0.853. The quantitative estimate of drug-likeness (QED) is 0.845. The predicted octanol–water partition coefficient (Wildman–Crippen LogP) is 2.10. The van der Waals surface area contributed by atoms with Crippen LogP contribution < -0.4 is 4.72 Å². The van der Waals surface area contributed by atoms with E-state index in [9.17, 15) is 18.0 Å². The number of carbonyl (C=O) groups is 2. The van der Waals surface area contributed by atoms with Gasteiger partial charge < -0.3 is 4.90 Å². The third-order valence-corrected chi connectivity index (χ3v) is 6.85. The SMILES string of the molecule is Cc1cccc(S(=O)(=O)NC(=O)C2(C)CCN2C(=O)Cc2cccs2)c1. The number of aryl methyl sites for hydroxylation is 1. The monoisotopic (exact) mass is 392 g/mol. The summed E-state index contributed by atoms with van der Waals surface area (Å²) in [6.07, 6.45) is 0.642. The summed E-state index contributed by atoms with van der Waals surface area (Å²) < 4.78 is 27.1. The van der Waals surface area contributed by atoms with E-state index in [1.54, 1.807) is 26.0 Å². The smallest absolute Gasteiger partial charge is 0.264 e. The van der Waals surface area contributed by atoms with Gasteiger partial charge >= 0.3 is 0 Å². The predicted molar refractivity (Wildman–Crippen MR) is 99.3 cm³/mol. The molecule has 0 bridgehead atoms. The van der Waals surface area contributed by atoms with Crippen molar-refractivity contribution >= 4 is 33.2 Å². The van der Waals surface area contributed by atoms with Gasteiger partial charge in [-0.25, -0.2) is 13.1 Å². The molecule has 0 radical (unpaired) electrons. The van der Waals surface area contributed by atoms with Gasteiger partial charge in [0.05, 0.1) is 11.3 Å². The lowest BCUT2D eigenvalue weighted by atomic mass is 9.85. The van der Waals surface area contributed by atoms with Gasteiger partial charge in [-0.15, -0.1) is 11.3 Å². The van der Waals surface area contributed by atoms with Crippen LogP contribution in [0.5, 0.6) is 0 Å². The van der Waals surface area contributed by atoms with Gasteiger partial charge in [0, 0.05) is 11.4 Å². The maximum Gasteiger partial charge on any atom is 0.264 e. The Hall–Kier alpha value is -2.19. The molecule has 1 saturated heterocycles. The number of nitrogens with one attached hydrogen (secondary N) is 1. The Morgan fingerprint density at radius 3 is 2.62 bits per heavy atom. The van der Waals surface area contributed by atoms with E-state index in [0.29, 0.717) is 13.0 Å². The number of nitrogens with zero attached hydrogens (tertiary/aromatic N) is 1. The maximum atomic E-state index is 12.7. The zero-order valence-corrected chi connectivity index (χ0v) is 16.2. The van der Waals surface area contributed by atoms with E-state index in [4.69, 9.17) is 0 Å². The van der Waals surface area contributed by atoms with Crippen molar-refractivity contribution < 1.29 is 18.0 Å². The number of sulfonamides is 1. The fourth-order valence-corrected chi connectivity index (χ4v) is 4.80. The molecule has 8 heteroatoms. The molecule has 3 rings (SSSR count). The van der Waals surface area contributed by atoms with Crippen molar-refractivity contribution in [1.82, 2.24) is 9.62 Å². The van der Waals surface area contributed by atoms with Crippen LogP contribution in [0.3, 0.4) is 0 Å². The third kappa shape index (κ3) is 3.52. The summed E-state index contributed by atoms with van der Waals surface area (Å²) in [6, 6.07) is 10.1. The van der Waals surface area contributed by atoms with Crippen molar-refractivity contribution in [2.24, 2.45) is 0 Å². The van der Waals surface area contributed by atoms with Gasteiger partial charge in [-0.05, 0) is 49.4 Å². The number of benzene rings is 1. The molecule has 138 valence electrons. The van der Waals surface area contributed by atoms with E-state index in [2.05, 4.69) is 4.72 Å². The van der Waals surface area contributed by atoms with Gasteiger partial charge in [-0.3, -0.25) is 9.59 Å². The third-order valence-electron chi connectivity index (χ3n) is 4.64. The fourth-order valence-electron chi connectivity index (χ4n) is 2.93. The molecule has 26 heavy (non-hydrogen) atoms. The lowest BCUT2D eigenvalue weighted by molar-refractivity contribution is -0.156. The van der Waals surface area contributed by atoms with Crippen LogP contribution in [-0.2, 0) is 26.0 Å². The van der Waals surface area contributed by atoms with Crippen LogP contribution >= 0.6 is 11.3 Å². The fraction of sp³-hybridized carbons (Fsp3) is 0.333. The molecule has 2 amide bonds. The first-order valence-electron chi connectivity index (χ1n) is 8.19. The van der Waals surface area contributed by atoms with Crippen LogP contribution in [0.25, 0.3) is 0 Å². The first-order chi connectivity index (χ1) is 12.2. The van der Waals surface area contributed by atoms with Crippen molar-refractivity contribution in [3.05, 3.63) is 52.2 Å². The molecule has 1 aromatic carbocycles. The Morgan fingerprint density at radius 1 is 1.27 bits per heavy atom. The summed E-state index contributed by atoms with van der Waals surface area (Å²) in [4.78, 5) is 27.6. The highest BCUT2D eigenvalue weighted by atomic mass is 32.2. The molecule has 0 spiro atoms. The number of hydrogen-bond acceptors (Lipinski definition) is 5. The van der Waals surface area contributed by atoms with E-state index >= 15 is 0 Å². The van der Waals surface area contributed by atoms with Gasteiger partial charge in [0.25, 0.3) is 15.9 Å². The minimum absolute atomic E-state index is 0.0326. The van der Waals surface area contributed by atoms with Crippen LogP contribution in [0, 0.1) is 6.92 Å². The van der Waals surface area contributed by atoms with Crippen molar-refractivity contribution in [2.45, 2.75) is 37.1 Å².